The van der Waals surface area contributed by atoms with E-state index >= 15 is 0 Å². The molecule has 0 fully saturated rings. The third-order valence-electron chi connectivity index (χ3n) is 4.79. The first-order chi connectivity index (χ1) is 15.8. The van der Waals surface area contributed by atoms with E-state index in [1.807, 2.05) is 24.3 Å². The third-order valence-corrected chi connectivity index (χ3v) is 6.13. The van der Waals surface area contributed by atoms with Crippen molar-refractivity contribution < 1.29 is 18.0 Å². The topological polar surface area (TPSA) is 137 Å². The van der Waals surface area contributed by atoms with Gasteiger partial charge >= 0.3 is 0 Å². The van der Waals surface area contributed by atoms with E-state index in [1.54, 1.807) is 12.3 Å². The van der Waals surface area contributed by atoms with Crippen LogP contribution in [-0.2, 0) is 14.8 Å². The number of nitrogens with zero attached hydrogens (tertiary/aromatic N) is 3. The van der Waals surface area contributed by atoms with Crippen molar-refractivity contribution in [2.75, 3.05) is 23.6 Å². The van der Waals surface area contributed by atoms with Crippen LogP contribution in [0, 0.1) is 0 Å². The van der Waals surface area contributed by atoms with Crippen LogP contribution >= 0.6 is 0 Å². The molecule has 11 heteroatoms. The van der Waals surface area contributed by atoms with Gasteiger partial charge in [0.2, 0.25) is 11.9 Å². The van der Waals surface area contributed by atoms with Crippen molar-refractivity contribution >= 4 is 44.4 Å². The second-order valence-electron chi connectivity index (χ2n) is 7.16. The van der Waals surface area contributed by atoms with E-state index in [0.29, 0.717) is 11.3 Å². The molecular weight excluding hydrogens is 444 g/mol. The van der Waals surface area contributed by atoms with Gasteiger partial charge in [0.05, 0.1) is 17.0 Å². The molecule has 10 nitrogen and oxygen atoms in total. The van der Waals surface area contributed by atoms with E-state index in [-0.39, 0.29) is 23.3 Å². The van der Waals surface area contributed by atoms with Gasteiger partial charge in [0.1, 0.15) is 0 Å². The summed E-state index contributed by atoms with van der Waals surface area (Å²) >= 11 is 0. The number of aromatic amines is 1. The average Bonchev–Trinajstić information content (AvgIpc) is 3.23. The average molecular weight is 465 g/mol. The van der Waals surface area contributed by atoms with Gasteiger partial charge in [-0.05, 0) is 36.4 Å². The molecule has 0 aliphatic rings. The number of carbonyl (C=O) groups is 2. The predicted octanol–water partition coefficient (Wildman–Crippen LogP) is 2.47. The molecule has 0 bridgehead atoms. The third kappa shape index (κ3) is 4.99. The number of likely N-dealkylation sites (N-methyl/N-ethyl adjacent to an activating group) is 1. The Labute approximate surface area is 189 Å². The van der Waals surface area contributed by atoms with Gasteiger partial charge in [-0.15, -0.1) is 0 Å². The lowest BCUT2D eigenvalue weighted by Crippen LogP contribution is -2.34. The van der Waals surface area contributed by atoms with E-state index in [1.165, 1.54) is 48.6 Å². The van der Waals surface area contributed by atoms with E-state index in [9.17, 15) is 18.0 Å². The predicted molar refractivity (Wildman–Crippen MR) is 123 cm³/mol. The number of sulfonamides is 1. The van der Waals surface area contributed by atoms with E-state index in [4.69, 9.17) is 0 Å². The molecular formula is C22H20N6O4S. The molecule has 2 aromatic carbocycles. The van der Waals surface area contributed by atoms with Gasteiger partial charge in [-0.25, -0.2) is 23.1 Å². The summed E-state index contributed by atoms with van der Waals surface area (Å²) in [5.74, 6) is -0.756. The lowest BCUT2D eigenvalue weighted by atomic mass is 10.1. The fourth-order valence-electron chi connectivity index (χ4n) is 3.19. The lowest BCUT2D eigenvalue weighted by molar-refractivity contribution is -0.116. The molecule has 3 N–H and O–H groups in total. The van der Waals surface area contributed by atoms with Gasteiger partial charge in [0, 0.05) is 42.2 Å². The van der Waals surface area contributed by atoms with Gasteiger partial charge in [0.15, 0.2) is 0 Å². The summed E-state index contributed by atoms with van der Waals surface area (Å²) in [6, 6.07) is 14.6. The minimum absolute atomic E-state index is 0.0143. The maximum Gasteiger partial charge on any atom is 0.264 e. The smallest absolute Gasteiger partial charge is 0.264 e. The summed E-state index contributed by atoms with van der Waals surface area (Å²) < 4.78 is 27.1. The van der Waals surface area contributed by atoms with E-state index in [0.717, 1.165) is 10.9 Å². The van der Waals surface area contributed by atoms with Crippen LogP contribution < -0.4 is 10.0 Å². The summed E-state index contributed by atoms with van der Waals surface area (Å²) in [6.07, 6.45) is 4.46. The maximum atomic E-state index is 12.8. The van der Waals surface area contributed by atoms with E-state index in [2.05, 4.69) is 25.0 Å². The highest BCUT2D eigenvalue weighted by molar-refractivity contribution is 7.92. The van der Waals surface area contributed by atoms with Crippen molar-refractivity contribution in [1.29, 1.82) is 0 Å². The summed E-state index contributed by atoms with van der Waals surface area (Å²) in [5, 5.41) is 3.44. The molecule has 0 aliphatic heterocycles. The molecule has 33 heavy (non-hydrogen) atoms. The Bertz CT molecular complexity index is 1400. The minimum atomic E-state index is -3.88. The highest BCUT2D eigenvalue weighted by atomic mass is 32.2. The van der Waals surface area contributed by atoms with Crippen molar-refractivity contribution in [2.45, 2.75) is 4.90 Å². The van der Waals surface area contributed by atoms with Crippen LogP contribution in [0.2, 0.25) is 0 Å². The van der Waals surface area contributed by atoms with Crippen molar-refractivity contribution in [2.24, 2.45) is 0 Å². The van der Waals surface area contributed by atoms with Crippen LogP contribution in [0.4, 0.5) is 11.6 Å². The SMILES string of the molecule is CN(CC(=O)Nc1ccc(S(=O)(=O)Nc2ncccn2)cc1)C(=O)c1c[nH]c2ccccc12. The monoisotopic (exact) mass is 464 g/mol. The van der Waals surface area contributed by atoms with Gasteiger partial charge < -0.3 is 15.2 Å². The lowest BCUT2D eigenvalue weighted by Gasteiger charge is -2.16. The highest BCUT2D eigenvalue weighted by Crippen LogP contribution is 2.19. The number of hydrogen-bond acceptors (Lipinski definition) is 6. The van der Waals surface area contributed by atoms with E-state index < -0.39 is 15.9 Å². The number of amides is 2. The first kappa shape index (κ1) is 22.0. The molecule has 2 amide bonds. The Morgan fingerprint density at radius 2 is 1.70 bits per heavy atom. The number of rotatable bonds is 7. The zero-order valence-corrected chi connectivity index (χ0v) is 18.3. The van der Waals surface area contributed by atoms with Gasteiger partial charge in [-0.2, -0.15) is 0 Å². The number of carbonyl (C=O) groups excluding carboxylic acids is 2. The highest BCUT2D eigenvalue weighted by Gasteiger charge is 2.19. The second kappa shape index (κ2) is 9.09. The number of fused-ring (bicyclic) bond motifs is 1. The first-order valence-corrected chi connectivity index (χ1v) is 11.3. The Hall–Kier alpha value is -4.25. The first-order valence-electron chi connectivity index (χ1n) is 9.85. The van der Waals surface area contributed by atoms with Crippen molar-refractivity contribution in [1.82, 2.24) is 19.9 Å². The molecule has 168 valence electrons. The number of aromatic nitrogens is 3. The minimum Gasteiger partial charge on any atom is -0.360 e. The molecule has 0 unspecified atom stereocenters. The van der Waals surface area contributed by atoms with Gasteiger partial charge in [-0.3, -0.25) is 9.59 Å². The summed E-state index contributed by atoms with van der Waals surface area (Å²) in [4.78, 5) is 37.2. The molecule has 0 aliphatic carbocycles. The molecule has 0 spiro atoms. The number of benzene rings is 2. The summed E-state index contributed by atoms with van der Waals surface area (Å²) in [6.45, 7) is -0.175. The number of H-pyrrole nitrogens is 1. The Balaban J connectivity index is 1.38. The zero-order valence-electron chi connectivity index (χ0n) is 17.5. The van der Waals surface area contributed by atoms with Gasteiger partial charge in [-0.1, -0.05) is 18.2 Å². The van der Waals surface area contributed by atoms with Crippen LogP contribution in [0.15, 0.2) is 78.1 Å². The van der Waals surface area contributed by atoms with Crippen LogP contribution in [0.1, 0.15) is 10.4 Å². The number of anilines is 2. The second-order valence-corrected chi connectivity index (χ2v) is 8.84. The maximum absolute atomic E-state index is 12.8. The molecule has 4 aromatic rings. The van der Waals surface area contributed by atoms with Crippen LogP contribution in [-0.4, -0.2) is 53.7 Å². The van der Waals surface area contributed by atoms with Crippen LogP contribution in [0.3, 0.4) is 0 Å². The molecule has 2 heterocycles. The zero-order chi connectivity index (χ0) is 23.4. The quantitative estimate of drug-likeness (QED) is 0.384. The standard InChI is InChI=1S/C22H20N6O4S/c1-28(21(30)18-13-25-19-6-3-2-5-17(18)19)14-20(29)26-15-7-9-16(10-8-15)33(31,32)27-22-23-11-4-12-24-22/h2-13,25H,14H2,1H3,(H,26,29)(H,23,24,27). The number of para-hydroxylation sites is 1. The van der Waals surface area contributed by atoms with Crippen molar-refractivity contribution in [3.05, 3.63) is 78.8 Å². The fourth-order valence-corrected chi connectivity index (χ4v) is 4.15. The molecule has 0 saturated heterocycles. The Morgan fingerprint density at radius 1 is 1.00 bits per heavy atom. The van der Waals surface area contributed by atoms with Crippen molar-refractivity contribution in [3.8, 4) is 0 Å². The molecule has 4 rings (SSSR count). The van der Waals surface area contributed by atoms with Gasteiger partial charge in [0.25, 0.3) is 15.9 Å². The number of hydrogen-bond donors (Lipinski definition) is 3. The molecule has 0 atom stereocenters. The Morgan fingerprint density at radius 3 is 2.42 bits per heavy atom. The van der Waals surface area contributed by atoms with Crippen molar-refractivity contribution in [3.63, 3.8) is 0 Å². The largest absolute Gasteiger partial charge is 0.360 e. The van der Waals surface area contributed by atoms with Crippen LogP contribution in [0.5, 0.6) is 0 Å². The molecule has 0 radical (unpaired) electrons. The molecule has 2 aromatic heterocycles. The number of nitrogens with one attached hydrogen (secondary N) is 3. The summed E-state index contributed by atoms with van der Waals surface area (Å²) in [7, 11) is -2.34. The normalized spacial score (nSPS) is 11.2. The Kier molecular flexibility index (Phi) is 6.05. The fraction of sp³-hybridized carbons (Fsp3) is 0.0909. The summed E-state index contributed by atoms with van der Waals surface area (Å²) in [5.41, 5.74) is 1.70. The molecule has 0 saturated carbocycles. The van der Waals surface area contributed by atoms with Crippen LogP contribution in [0.25, 0.3) is 10.9 Å².